The maximum Gasteiger partial charge on any atom is 0.0472 e. The number of benzene rings is 1. The molecule has 0 saturated carbocycles. The summed E-state index contributed by atoms with van der Waals surface area (Å²) in [5.74, 6) is 0. The number of anilines is 2. The summed E-state index contributed by atoms with van der Waals surface area (Å²) in [6, 6.07) is 7.84. The predicted molar refractivity (Wildman–Crippen MR) is 80.5 cm³/mol. The van der Waals surface area contributed by atoms with Gasteiger partial charge in [0.15, 0.2) is 0 Å². The maximum absolute atomic E-state index is 9.02. The number of halogens is 1. The molecule has 0 atom stereocenters. The third-order valence-electron chi connectivity index (χ3n) is 2.57. The van der Waals surface area contributed by atoms with E-state index in [2.05, 4.69) is 22.1 Å². The van der Waals surface area contributed by atoms with Crippen LogP contribution in [0.5, 0.6) is 0 Å². The van der Waals surface area contributed by atoms with E-state index in [1.807, 2.05) is 18.2 Å². The monoisotopic (exact) mass is 284 g/mol. The Morgan fingerprint density at radius 2 is 2.11 bits per heavy atom. The number of thiophene rings is 1. The summed E-state index contributed by atoms with van der Waals surface area (Å²) in [7, 11) is 0. The van der Waals surface area contributed by atoms with E-state index in [1.165, 1.54) is 5.56 Å². The summed E-state index contributed by atoms with van der Waals surface area (Å²) in [5.41, 5.74) is 9.84. The van der Waals surface area contributed by atoms with Gasteiger partial charge in [-0.1, -0.05) is 0 Å². The van der Waals surface area contributed by atoms with Crippen molar-refractivity contribution >= 4 is 35.1 Å². The lowest BCUT2D eigenvalue weighted by Crippen LogP contribution is -2.04. The summed E-state index contributed by atoms with van der Waals surface area (Å²) in [4.78, 5) is 0. The Balaban J connectivity index is 0.00000162. The van der Waals surface area contributed by atoms with Crippen molar-refractivity contribution in [3.8, 4) is 0 Å². The van der Waals surface area contributed by atoms with Gasteiger partial charge in [-0.2, -0.15) is 11.3 Å². The van der Waals surface area contributed by atoms with Gasteiger partial charge in [-0.05, 0) is 52.6 Å². The van der Waals surface area contributed by atoms with Gasteiger partial charge in [-0.15, -0.1) is 12.4 Å². The second-order valence-corrected chi connectivity index (χ2v) is 4.66. The van der Waals surface area contributed by atoms with Crippen LogP contribution in [0.1, 0.15) is 11.1 Å². The molecule has 0 fully saturated rings. The average molecular weight is 285 g/mol. The predicted octanol–water partition coefficient (Wildman–Crippen LogP) is 2.90. The highest BCUT2D eigenvalue weighted by Gasteiger charge is 2.02. The van der Waals surface area contributed by atoms with Crippen LogP contribution < -0.4 is 11.1 Å². The molecule has 0 bridgehead atoms. The van der Waals surface area contributed by atoms with Gasteiger partial charge in [0.2, 0.25) is 0 Å². The molecule has 0 saturated heterocycles. The molecular weight excluding hydrogens is 268 g/mol. The number of nitrogen functional groups attached to an aromatic ring is 1. The summed E-state index contributed by atoms with van der Waals surface area (Å²) < 4.78 is 0. The lowest BCUT2D eigenvalue weighted by molar-refractivity contribution is 0.300. The third kappa shape index (κ3) is 3.91. The van der Waals surface area contributed by atoms with Gasteiger partial charge in [0.25, 0.3) is 0 Å². The van der Waals surface area contributed by atoms with Crippen molar-refractivity contribution in [1.82, 2.24) is 0 Å². The van der Waals surface area contributed by atoms with E-state index >= 15 is 0 Å². The Morgan fingerprint density at radius 1 is 1.28 bits per heavy atom. The maximum atomic E-state index is 9.02. The molecule has 18 heavy (non-hydrogen) atoms. The van der Waals surface area contributed by atoms with Gasteiger partial charge in [0.1, 0.15) is 0 Å². The highest BCUT2D eigenvalue weighted by atomic mass is 35.5. The van der Waals surface area contributed by atoms with Gasteiger partial charge >= 0.3 is 0 Å². The highest BCUT2D eigenvalue weighted by molar-refractivity contribution is 7.07. The molecule has 0 amide bonds. The number of rotatable bonds is 5. The fraction of sp³-hybridized carbons (Fsp3) is 0.231. The molecule has 0 aliphatic heterocycles. The molecule has 0 aliphatic rings. The first kappa shape index (κ1) is 14.8. The second-order valence-electron chi connectivity index (χ2n) is 3.88. The van der Waals surface area contributed by atoms with E-state index in [1.54, 1.807) is 11.3 Å². The van der Waals surface area contributed by atoms with Gasteiger partial charge in [-0.3, -0.25) is 0 Å². The van der Waals surface area contributed by atoms with Crippen LogP contribution in [0.3, 0.4) is 0 Å². The molecular formula is C13H17ClN2OS. The lowest BCUT2D eigenvalue weighted by atomic mass is 10.1. The quantitative estimate of drug-likeness (QED) is 0.740. The summed E-state index contributed by atoms with van der Waals surface area (Å²) >= 11 is 1.69. The molecule has 1 heterocycles. The van der Waals surface area contributed by atoms with E-state index in [0.29, 0.717) is 6.42 Å². The zero-order valence-corrected chi connectivity index (χ0v) is 11.6. The fourth-order valence-electron chi connectivity index (χ4n) is 1.70. The smallest absolute Gasteiger partial charge is 0.0472 e. The molecule has 1 aromatic heterocycles. The van der Waals surface area contributed by atoms with Crippen LogP contribution >= 0.6 is 23.7 Å². The van der Waals surface area contributed by atoms with Crippen LogP contribution in [0, 0.1) is 0 Å². The summed E-state index contributed by atoms with van der Waals surface area (Å²) in [6.07, 6.45) is 0.622. The highest BCUT2D eigenvalue weighted by Crippen LogP contribution is 2.20. The minimum absolute atomic E-state index is 0. The molecule has 4 N–H and O–H groups in total. The van der Waals surface area contributed by atoms with Crippen molar-refractivity contribution in [1.29, 1.82) is 0 Å². The largest absolute Gasteiger partial charge is 0.399 e. The number of nitrogens with two attached hydrogens (primary N) is 1. The molecule has 0 spiro atoms. The number of nitrogens with one attached hydrogen (secondary N) is 1. The summed E-state index contributed by atoms with van der Waals surface area (Å²) in [6.45, 7) is 0.933. The van der Waals surface area contributed by atoms with Crippen molar-refractivity contribution in [2.75, 3.05) is 17.7 Å². The van der Waals surface area contributed by atoms with Gasteiger partial charge in [-0.25, -0.2) is 0 Å². The number of hydrogen-bond donors (Lipinski definition) is 3. The van der Waals surface area contributed by atoms with Gasteiger partial charge in [0.05, 0.1) is 0 Å². The fourth-order valence-corrected chi connectivity index (χ4v) is 2.37. The van der Waals surface area contributed by atoms with Crippen molar-refractivity contribution in [2.45, 2.75) is 13.0 Å². The molecule has 0 aliphatic carbocycles. The second kappa shape index (κ2) is 7.26. The molecule has 5 heteroatoms. The van der Waals surface area contributed by atoms with Crippen LogP contribution in [0.25, 0.3) is 0 Å². The summed E-state index contributed by atoms with van der Waals surface area (Å²) in [5, 5.41) is 16.6. The zero-order valence-electron chi connectivity index (χ0n) is 9.93. The van der Waals surface area contributed by atoms with E-state index in [-0.39, 0.29) is 19.0 Å². The zero-order chi connectivity index (χ0) is 12.1. The SMILES string of the molecule is Cl.Nc1ccc(NCc2ccsc2)c(CCO)c1. The molecule has 1 aromatic carbocycles. The molecule has 0 unspecified atom stereocenters. The van der Waals surface area contributed by atoms with Crippen LogP contribution in [0.4, 0.5) is 11.4 Å². The standard InChI is InChI=1S/C13H16N2OS.ClH/c14-12-1-2-13(11(7-12)3-5-16)15-8-10-4-6-17-9-10;/h1-2,4,6-7,9,15-16H,3,5,8,14H2;1H. The Labute approximate surface area is 117 Å². The Morgan fingerprint density at radius 3 is 2.78 bits per heavy atom. The normalized spacial score (nSPS) is 9.83. The van der Waals surface area contributed by atoms with Crippen LogP contribution in [0.2, 0.25) is 0 Å². The molecule has 98 valence electrons. The van der Waals surface area contributed by atoms with E-state index in [4.69, 9.17) is 10.8 Å². The first-order valence-electron chi connectivity index (χ1n) is 5.54. The molecule has 2 aromatic rings. The lowest BCUT2D eigenvalue weighted by Gasteiger charge is -2.11. The minimum Gasteiger partial charge on any atom is -0.399 e. The van der Waals surface area contributed by atoms with Crippen molar-refractivity contribution in [2.24, 2.45) is 0 Å². The van der Waals surface area contributed by atoms with Crippen LogP contribution in [0.15, 0.2) is 35.0 Å². The molecule has 0 radical (unpaired) electrons. The first-order valence-corrected chi connectivity index (χ1v) is 6.48. The Hall–Kier alpha value is -1.23. The van der Waals surface area contributed by atoms with E-state index in [9.17, 15) is 0 Å². The molecule has 2 rings (SSSR count). The molecule has 3 nitrogen and oxygen atoms in total. The Bertz CT molecular complexity index is 474. The van der Waals surface area contributed by atoms with Crippen molar-refractivity contribution in [3.05, 3.63) is 46.2 Å². The van der Waals surface area contributed by atoms with Gasteiger partial charge < -0.3 is 16.2 Å². The first-order chi connectivity index (χ1) is 8.29. The Kier molecular flexibility index (Phi) is 5.98. The van der Waals surface area contributed by atoms with Crippen molar-refractivity contribution < 1.29 is 5.11 Å². The number of aliphatic hydroxyl groups excluding tert-OH is 1. The topological polar surface area (TPSA) is 58.3 Å². The minimum atomic E-state index is 0. The number of aliphatic hydroxyl groups is 1. The van der Waals surface area contributed by atoms with E-state index in [0.717, 1.165) is 23.5 Å². The number of hydrogen-bond acceptors (Lipinski definition) is 4. The van der Waals surface area contributed by atoms with Crippen LogP contribution in [-0.4, -0.2) is 11.7 Å². The van der Waals surface area contributed by atoms with Crippen LogP contribution in [-0.2, 0) is 13.0 Å². The van der Waals surface area contributed by atoms with Crippen molar-refractivity contribution in [3.63, 3.8) is 0 Å². The van der Waals surface area contributed by atoms with E-state index < -0.39 is 0 Å². The average Bonchev–Trinajstić information content (AvgIpc) is 2.81. The van der Waals surface area contributed by atoms with Gasteiger partial charge in [0, 0.05) is 24.5 Å². The third-order valence-corrected chi connectivity index (χ3v) is 3.31.